The topological polar surface area (TPSA) is 105 Å². The second kappa shape index (κ2) is 11.4. The summed E-state index contributed by atoms with van der Waals surface area (Å²) in [5.41, 5.74) is 5.39. The van der Waals surface area contributed by atoms with Crippen molar-refractivity contribution in [1.82, 2.24) is 10.4 Å². The van der Waals surface area contributed by atoms with Crippen LogP contribution in [0.2, 0.25) is 10.0 Å². The Morgan fingerprint density at radius 2 is 1.74 bits per heavy atom. The molecular weight excluding hydrogens is 481 g/mol. The Morgan fingerprint density at radius 3 is 2.35 bits per heavy atom. The second-order valence-corrected chi connectivity index (χ2v) is 8.60. The molecule has 0 bridgehead atoms. The molecular formula is C24H25Cl2N3O5. The molecule has 34 heavy (non-hydrogen) atoms. The number of anilines is 1. The first kappa shape index (κ1) is 25.5. The molecule has 0 spiro atoms. The van der Waals surface area contributed by atoms with Crippen molar-refractivity contribution in [2.75, 3.05) is 18.5 Å². The Morgan fingerprint density at radius 1 is 1.06 bits per heavy atom. The SMILES string of the molecule is CCc1cccc(CC)c1NC(=O)COC(=O)[C@@H]1CC(=O)N(NC(=O)c2ccc(Cl)c(Cl)c2)C1. The predicted molar refractivity (Wildman–Crippen MR) is 129 cm³/mol. The first-order valence-corrected chi connectivity index (χ1v) is 11.6. The number of aryl methyl sites for hydroxylation is 2. The van der Waals surface area contributed by atoms with Crippen molar-refractivity contribution in [2.45, 2.75) is 33.1 Å². The number of hydrogen-bond acceptors (Lipinski definition) is 5. The fraction of sp³-hybridized carbons (Fsp3) is 0.333. The van der Waals surface area contributed by atoms with Crippen molar-refractivity contribution in [2.24, 2.45) is 5.92 Å². The fourth-order valence-electron chi connectivity index (χ4n) is 3.63. The van der Waals surface area contributed by atoms with Crippen LogP contribution < -0.4 is 10.7 Å². The largest absolute Gasteiger partial charge is 0.455 e. The molecule has 2 N–H and O–H groups in total. The Bertz CT molecular complexity index is 1100. The summed E-state index contributed by atoms with van der Waals surface area (Å²) in [7, 11) is 0. The highest BCUT2D eigenvalue weighted by molar-refractivity contribution is 6.42. The van der Waals surface area contributed by atoms with Gasteiger partial charge in [0.2, 0.25) is 5.91 Å². The number of para-hydroxylation sites is 1. The smallest absolute Gasteiger partial charge is 0.311 e. The highest BCUT2D eigenvalue weighted by atomic mass is 35.5. The predicted octanol–water partition coefficient (Wildman–Crippen LogP) is 3.79. The summed E-state index contributed by atoms with van der Waals surface area (Å²) in [6.07, 6.45) is 1.36. The molecule has 10 heteroatoms. The van der Waals surface area contributed by atoms with Crippen molar-refractivity contribution in [3.8, 4) is 0 Å². The molecule has 3 amide bonds. The Labute approximate surface area is 207 Å². The van der Waals surface area contributed by atoms with E-state index in [2.05, 4.69) is 10.7 Å². The van der Waals surface area contributed by atoms with E-state index in [-0.39, 0.29) is 23.6 Å². The van der Waals surface area contributed by atoms with Gasteiger partial charge in [-0.25, -0.2) is 0 Å². The number of ether oxygens (including phenoxy) is 1. The third kappa shape index (κ3) is 6.07. The fourth-order valence-corrected chi connectivity index (χ4v) is 3.93. The van der Waals surface area contributed by atoms with E-state index >= 15 is 0 Å². The third-order valence-corrected chi connectivity index (χ3v) is 6.22. The van der Waals surface area contributed by atoms with E-state index < -0.39 is 36.2 Å². The number of nitrogens with one attached hydrogen (secondary N) is 2. The Hall–Kier alpha value is -3.10. The molecule has 0 unspecified atom stereocenters. The number of rotatable bonds is 8. The zero-order valence-electron chi connectivity index (χ0n) is 18.8. The summed E-state index contributed by atoms with van der Waals surface area (Å²) in [5.74, 6) is -2.96. The molecule has 2 aromatic rings. The van der Waals surface area contributed by atoms with Crippen molar-refractivity contribution < 1.29 is 23.9 Å². The summed E-state index contributed by atoms with van der Waals surface area (Å²) in [6.45, 7) is 3.45. The van der Waals surface area contributed by atoms with E-state index in [1.165, 1.54) is 18.2 Å². The number of hydrogen-bond donors (Lipinski definition) is 2. The summed E-state index contributed by atoms with van der Waals surface area (Å²) < 4.78 is 5.15. The molecule has 0 saturated carbocycles. The minimum absolute atomic E-state index is 0.0645. The van der Waals surface area contributed by atoms with Gasteiger partial charge in [-0.3, -0.25) is 29.6 Å². The molecule has 0 aliphatic carbocycles. The van der Waals surface area contributed by atoms with Crippen molar-refractivity contribution in [1.29, 1.82) is 0 Å². The number of nitrogens with zero attached hydrogens (tertiary/aromatic N) is 1. The van der Waals surface area contributed by atoms with Crippen LogP contribution >= 0.6 is 23.2 Å². The van der Waals surface area contributed by atoms with E-state index in [0.29, 0.717) is 5.02 Å². The zero-order valence-corrected chi connectivity index (χ0v) is 20.3. The lowest BCUT2D eigenvalue weighted by atomic mass is 10.0. The normalized spacial score (nSPS) is 15.2. The van der Waals surface area contributed by atoms with Crippen LogP contribution in [0.1, 0.15) is 41.8 Å². The maximum atomic E-state index is 12.5. The average Bonchev–Trinajstić information content (AvgIpc) is 3.19. The first-order chi connectivity index (χ1) is 16.2. The monoisotopic (exact) mass is 505 g/mol. The van der Waals surface area contributed by atoms with Crippen LogP contribution in [-0.2, 0) is 32.0 Å². The number of esters is 1. The average molecular weight is 506 g/mol. The zero-order chi connectivity index (χ0) is 24.8. The van der Waals surface area contributed by atoms with Gasteiger partial charge in [0.1, 0.15) is 0 Å². The highest BCUT2D eigenvalue weighted by Crippen LogP contribution is 2.24. The van der Waals surface area contributed by atoms with Gasteiger partial charge in [-0.15, -0.1) is 0 Å². The molecule has 0 aromatic heterocycles. The maximum Gasteiger partial charge on any atom is 0.311 e. The quantitative estimate of drug-likeness (QED) is 0.531. The van der Waals surface area contributed by atoms with Crippen LogP contribution in [-0.4, -0.2) is 41.9 Å². The van der Waals surface area contributed by atoms with Crippen LogP contribution in [0, 0.1) is 5.92 Å². The summed E-state index contributed by atoms with van der Waals surface area (Å²) in [4.78, 5) is 49.5. The van der Waals surface area contributed by atoms with Gasteiger partial charge in [-0.2, -0.15) is 0 Å². The summed E-state index contributed by atoms with van der Waals surface area (Å²) >= 11 is 11.8. The lowest BCUT2D eigenvalue weighted by Crippen LogP contribution is -2.43. The minimum atomic E-state index is -0.802. The van der Waals surface area contributed by atoms with Gasteiger partial charge in [0.15, 0.2) is 6.61 Å². The number of benzene rings is 2. The van der Waals surface area contributed by atoms with E-state index in [1.54, 1.807) is 0 Å². The Balaban J connectivity index is 1.53. The van der Waals surface area contributed by atoms with E-state index in [9.17, 15) is 19.2 Å². The van der Waals surface area contributed by atoms with Crippen LogP contribution in [0.5, 0.6) is 0 Å². The first-order valence-electron chi connectivity index (χ1n) is 10.9. The van der Waals surface area contributed by atoms with Crippen LogP contribution in [0.15, 0.2) is 36.4 Å². The molecule has 1 atom stereocenters. The molecule has 3 rings (SSSR count). The standard InChI is InChI=1S/C24H25Cl2N3O5/c1-3-14-6-5-7-15(4-2)22(14)27-20(30)13-34-24(33)17-11-21(31)29(12-17)28-23(32)16-8-9-18(25)19(26)10-16/h5-10,17H,3-4,11-13H2,1-2H3,(H,27,30)(H,28,32)/t17-/m1/s1. The van der Waals surface area contributed by atoms with Crippen LogP contribution in [0.4, 0.5) is 5.69 Å². The van der Waals surface area contributed by atoms with Crippen LogP contribution in [0.3, 0.4) is 0 Å². The molecule has 8 nitrogen and oxygen atoms in total. The molecule has 1 heterocycles. The van der Waals surface area contributed by atoms with Gasteiger partial charge >= 0.3 is 5.97 Å². The van der Waals surface area contributed by atoms with Gasteiger partial charge < -0.3 is 10.1 Å². The molecule has 2 aromatic carbocycles. The third-order valence-electron chi connectivity index (χ3n) is 5.49. The molecule has 1 saturated heterocycles. The van der Waals surface area contributed by atoms with Gasteiger partial charge in [0.05, 0.1) is 22.5 Å². The van der Waals surface area contributed by atoms with E-state index in [0.717, 1.165) is 34.7 Å². The number of halogens is 2. The molecule has 1 aliphatic heterocycles. The lowest BCUT2D eigenvalue weighted by molar-refractivity contribution is -0.151. The second-order valence-electron chi connectivity index (χ2n) is 7.79. The minimum Gasteiger partial charge on any atom is -0.455 e. The van der Waals surface area contributed by atoms with Gasteiger partial charge in [0.25, 0.3) is 11.8 Å². The highest BCUT2D eigenvalue weighted by Gasteiger charge is 2.36. The number of carbonyl (C=O) groups excluding carboxylic acids is 4. The molecule has 1 fully saturated rings. The number of hydrazine groups is 1. The van der Waals surface area contributed by atoms with E-state index in [1.807, 2.05) is 32.0 Å². The number of amides is 3. The Kier molecular flexibility index (Phi) is 8.52. The van der Waals surface area contributed by atoms with Crippen molar-refractivity contribution in [3.63, 3.8) is 0 Å². The maximum absolute atomic E-state index is 12.5. The summed E-state index contributed by atoms with van der Waals surface area (Å²) in [5, 5.41) is 4.38. The lowest BCUT2D eigenvalue weighted by Gasteiger charge is -2.18. The van der Waals surface area contributed by atoms with Gasteiger partial charge in [0, 0.05) is 17.7 Å². The van der Waals surface area contributed by atoms with Crippen molar-refractivity contribution >= 4 is 52.6 Å². The summed E-state index contributed by atoms with van der Waals surface area (Å²) in [6, 6.07) is 10.1. The van der Waals surface area contributed by atoms with E-state index in [4.69, 9.17) is 27.9 Å². The van der Waals surface area contributed by atoms with Crippen molar-refractivity contribution in [3.05, 3.63) is 63.1 Å². The molecule has 180 valence electrons. The number of carbonyl (C=O) groups is 4. The molecule has 1 aliphatic rings. The molecule has 0 radical (unpaired) electrons. The van der Waals surface area contributed by atoms with Crippen LogP contribution in [0.25, 0.3) is 0 Å². The van der Waals surface area contributed by atoms with Gasteiger partial charge in [-0.1, -0.05) is 55.2 Å². The van der Waals surface area contributed by atoms with Gasteiger partial charge in [-0.05, 0) is 42.2 Å².